The average Bonchev–Trinajstić information content (AvgIpc) is 0.757. The third-order valence-electron chi connectivity index (χ3n) is 25.3. The second-order valence-corrected chi connectivity index (χ2v) is 41.3. The van der Waals surface area contributed by atoms with Crippen molar-refractivity contribution in [3.05, 3.63) is 164 Å². The molecule has 0 spiro atoms. The number of aliphatic carboxylic acids is 1. The molecule has 804 valence electrons. The molecule has 7 aromatic rings. The summed E-state index contributed by atoms with van der Waals surface area (Å²) in [6.45, 7) is 1.63. The van der Waals surface area contributed by atoms with Crippen LogP contribution in [-0.2, 0) is 92.0 Å². The van der Waals surface area contributed by atoms with Crippen LogP contribution in [-0.4, -0.2) is 286 Å². The van der Waals surface area contributed by atoms with Crippen molar-refractivity contribution in [2.75, 3.05) is 19.8 Å². The number of hydrogen-bond acceptors (Lipinski definition) is 37. The van der Waals surface area contributed by atoms with Crippen molar-refractivity contribution in [3.8, 4) is 80.1 Å². The van der Waals surface area contributed by atoms with Crippen LogP contribution in [0.15, 0.2) is 115 Å². The minimum absolute atomic E-state index is 0.00856. The molecule has 9 aliphatic heterocycles. The molecule has 55 heteroatoms. The first kappa shape index (κ1) is 112. The van der Waals surface area contributed by atoms with Gasteiger partial charge >= 0.3 is 27.1 Å². The van der Waals surface area contributed by atoms with Crippen molar-refractivity contribution < 1.29 is 200 Å². The Labute approximate surface area is 854 Å². The van der Waals surface area contributed by atoms with E-state index in [0.29, 0.717) is 30.9 Å². The van der Waals surface area contributed by atoms with Gasteiger partial charge in [-0.15, -0.1) is 0 Å². The Kier molecular flexibility index (Phi) is 35.4. The third kappa shape index (κ3) is 26.1. The lowest BCUT2D eigenvalue weighted by Crippen LogP contribution is -2.65. The number of aliphatic hydroxyl groups is 9. The predicted octanol–water partition coefficient (Wildman–Crippen LogP) is 0.496. The number of hydrogen-bond donors (Lipinski definition) is 28. The zero-order valence-electron chi connectivity index (χ0n) is 78.8. The molecule has 0 aliphatic carbocycles. The number of benzene rings is 7. The van der Waals surface area contributed by atoms with E-state index in [4.69, 9.17) is 76.3 Å². The standard InChI is InChI=1S/C94H108Cl2N10O41P2/c1-36(2)9-7-5-4-6-8-10-63(114)100-73-79(121)75(117)60(33-107)143-92(73)147-83-58-28-43-29-59(83)141-55-18-14-41(26-50(55)96)82(146-91-72(98-37(3)109)78(120)77(119)62(145-91)35-138-65(116)20-19-64(115)101-94(148(132,133)134)149(135,136)137)74-89(129)105-71(90(130)131)48-31-45(111)32-57(142-93-81(123)80(122)76(118)61(34-108)144-93)66(48)47-25-40(13-15-52(47)112)68(86(126)106-74)103-88(128)70(43)104-87(127)69-42-23-44(110)30-46(24-42)139-56-27-39(12-16-53(56)113)67(97)85(125)99-51(84(124)102-69)22-38-11-17-54(140-58)49(95)21-38/h11-18,21,23-32,36,51,60-62,67-82,91-94,107-108,110-113,117-123H,4-10,19-20,22,33-35,97H2,1-3H3,(H,98,109)(H,99,125)(H,100,114)(H,101,115)(H,102,124)(H,103,128)(H,104,127)(H,105,129)(H,106,126)(H,130,131)(H2,132,133,134)(H2,135,136,137)/t51-,60-,61-,62-,67-,68-,69+,70-,71-,72-,73-,74+,75-,76-,77-,78-,79-,80+,81+,82-,91+,92+,93+/m1/s1. The second kappa shape index (κ2) is 47.2. The Morgan fingerprint density at radius 1 is 0.503 bits per heavy atom. The SMILES string of the molecule is CC(=O)N[C@H]1[C@H](O[C@@H]2c3ccc(c(Cl)c3)Oc3cc4cc(c3O[C@@H]3O[C@H](CO)[C@@H](O)[C@H](O)[C@H]3NC(=O)CCCCCCCC(C)C)Oc3ccc(cc3Cl)C[C@H]3NC(=O)[C@H](N)c5ccc(O)c(c5)Oc5cc(O)cc(c5)[C@H](NC3=O)C(=O)N[C@H]4C(=O)N[C@H]3C(=O)N[C@@H]2C(=O)N[C@@H](C(=O)O)c2cc(O)cc(O[C@H]4O[C@H](CO)[C@@H](O)[C@H](O)[C@@H]4O)c2-c2cc3ccc2O)O[C@H](COC(=O)CCC(=O)NC(P(=O)(O)O)P(=O)(O)O)[C@@H](O)[C@@H]1O. The molecule has 3 saturated heterocycles. The fraction of sp³-hybridized carbons (Fsp3) is 0.436. The Hall–Kier alpha value is -12.8. The lowest BCUT2D eigenvalue weighted by Gasteiger charge is -2.44. The molecule has 9 aliphatic rings. The van der Waals surface area contributed by atoms with Crippen LogP contribution in [0, 0.1) is 5.92 Å². The van der Waals surface area contributed by atoms with Gasteiger partial charge in [0.25, 0.3) is 0 Å². The highest BCUT2D eigenvalue weighted by Crippen LogP contribution is 2.59. The number of carboxylic acid groups (broad SMARTS) is 1. The normalized spacial score (nSPS) is 27.1. The molecule has 29 N–H and O–H groups in total. The lowest BCUT2D eigenvalue weighted by molar-refractivity contribution is -0.285. The van der Waals surface area contributed by atoms with Gasteiger partial charge in [0.15, 0.2) is 35.3 Å². The summed E-state index contributed by atoms with van der Waals surface area (Å²) in [5, 5.41) is 182. The minimum Gasteiger partial charge on any atom is -0.508 e. The number of halogens is 2. The number of carboxylic acids is 1. The molecular formula is C94H108Cl2N10O41P2. The predicted molar refractivity (Wildman–Crippen MR) is 507 cm³/mol. The number of amides is 9. The van der Waals surface area contributed by atoms with Gasteiger partial charge in [-0.1, -0.05) is 93.4 Å². The summed E-state index contributed by atoms with van der Waals surface area (Å²) in [5.74, 6) is -23.7. The van der Waals surface area contributed by atoms with Gasteiger partial charge < -0.3 is 192 Å². The molecule has 17 bridgehead atoms. The van der Waals surface area contributed by atoms with E-state index >= 15 is 24.0 Å². The Bertz CT molecular complexity index is 6340. The van der Waals surface area contributed by atoms with Gasteiger partial charge in [0, 0.05) is 55.0 Å². The lowest BCUT2D eigenvalue weighted by atomic mass is 9.89. The maximum absolute atomic E-state index is 17.2. The van der Waals surface area contributed by atoms with Gasteiger partial charge in [-0.25, -0.2) is 4.79 Å². The number of ether oxygens (including phenoxy) is 10. The number of phenolic OH excluding ortho intramolecular Hbond substituents is 4. The van der Waals surface area contributed by atoms with Crippen LogP contribution in [0.3, 0.4) is 0 Å². The van der Waals surface area contributed by atoms with Gasteiger partial charge in [0.1, 0.15) is 162 Å². The highest BCUT2D eigenvalue weighted by Gasteiger charge is 2.54. The maximum atomic E-state index is 17.2. The molecular weight excluding hydrogens is 2060 g/mol. The summed E-state index contributed by atoms with van der Waals surface area (Å²) in [4.78, 5) is 205. The van der Waals surface area contributed by atoms with Crippen LogP contribution in [0.4, 0.5) is 0 Å². The summed E-state index contributed by atoms with van der Waals surface area (Å²) in [7, 11) is -11.6. The molecule has 23 atom stereocenters. The molecule has 3 fully saturated rings. The number of esters is 1. The molecule has 0 aromatic heterocycles. The fourth-order valence-corrected chi connectivity index (χ4v) is 20.3. The summed E-state index contributed by atoms with van der Waals surface area (Å²) in [6, 6.07) is -1.40. The van der Waals surface area contributed by atoms with Crippen LogP contribution in [0.5, 0.6) is 69.0 Å². The Morgan fingerprint density at radius 2 is 1.06 bits per heavy atom. The van der Waals surface area contributed by atoms with Gasteiger partial charge in [-0.05, 0) is 125 Å². The molecule has 16 rings (SSSR count). The quantitative estimate of drug-likeness (QED) is 0.0189. The average molecular weight is 2170 g/mol. The minimum atomic E-state index is -5.80. The maximum Gasteiger partial charge on any atom is 0.360 e. The van der Waals surface area contributed by atoms with E-state index in [0.717, 1.165) is 111 Å². The number of nitrogens with two attached hydrogens (primary N) is 1. The van der Waals surface area contributed by atoms with Gasteiger partial charge in [0.2, 0.25) is 77.0 Å². The zero-order chi connectivity index (χ0) is 108. The first-order valence-corrected chi connectivity index (χ1v) is 50.6. The number of nitrogens with one attached hydrogen (secondary N) is 9. The number of unbranched alkanes of at least 4 members (excludes halogenated alkanes) is 4. The largest absolute Gasteiger partial charge is 0.508 e. The highest BCUT2D eigenvalue weighted by molar-refractivity contribution is 7.70. The molecule has 9 heterocycles. The molecule has 0 radical (unpaired) electrons. The van der Waals surface area contributed by atoms with E-state index in [1.54, 1.807) is 0 Å². The summed E-state index contributed by atoms with van der Waals surface area (Å²) >= 11 is 14.8. The van der Waals surface area contributed by atoms with Gasteiger partial charge in [-0.2, -0.15) is 0 Å². The van der Waals surface area contributed by atoms with Crippen molar-refractivity contribution in [1.29, 1.82) is 0 Å². The second-order valence-electron chi connectivity index (χ2n) is 36.7. The smallest absolute Gasteiger partial charge is 0.360 e. The van der Waals surface area contributed by atoms with Crippen molar-refractivity contribution in [1.82, 2.24) is 47.9 Å². The number of aliphatic hydroxyl groups excluding tert-OH is 9. The first-order chi connectivity index (χ1) is 70.4. The Balaban J connectivity index is 1.01. The van der Waals surface area contributed by atoms with Crippen LogP contribution < -0.4 is 77.3 Å². The number of phenols is 4. The van der Waals surface area contributed by atoms with Crippen molar-refractivity contribution in [2.45, 2.75) is 231 Å². The molecule has 0 unspecified atom stereocenters. The highest BCUT2D eigenvalue weighted by atomic mass is 35.5. The molecule has 9 amide bonds. The van der Waals surface area contributed by atoms with E-state index in [9.17, 15) is 129 Å². The third-order valence-corrected chi connectivity index (χ3v) is 29.3. The summed E-state index contributed by atoms with van der Waals surface area (Å²) < 4.78 is 87.1. The van der Waals surface area contributed by atoms with Gasteiger partial charge in [-0.3, -0.25) is 57.1 Å². The Morgan fingerprint density at radius 3 is 1.69 bits per heavy atom. The number of aromatic hydroxyl groups is 4. The first-order valence-electron chi connectivity index (χ1n) is 46.5. The number of fused-ring (bicyclic) bond motifs is 14. The van der Waals surface area contributed by atoms with Crippen molar-refractivity contribution >= 4 is 103 Å². The summed E-state index contributed by atoms with van der Waals surface area (Å²) in [6.07, 6.45) is -29.4. The molecule has 0 saturated carbocycles. The van der Waals surface area contributed by atoms with Crippen molar-refractivity contribution in [2.24, 2.45) is 11.7 Å². The number of carbonyl (C=O) groups excluding carboxylic acids is 10. The van der Waals surface area contributed by atoms with E-state index in [1.165, 1.54) is 29.6 Å². The summed E-state index contributed by atoms with van der Waals surface area (Å²) in [5.41, 5.74) is -0.983. The van der Waals surface area contributed by atoms with Crippen LogP contribution in [0.25, 0.3) is 11.1 Å². The van der Waals surface area contributed by atoms with Crippen LogP contribution >= 0.6 is 38.4 Å². The molecule has 7 aromatic carbocycles. The van der Waals surface area contributed by atoms with Gasteiger partial charge in [0.05, 0.1) is 29.7 Å². The van der Waals surface area contributed by atoms with E-state index in [-0.39, 0.29) is 22.6 Å². The van der Waals surface area contributed by atoms with E-state index in [1.807, 2.05) is 0 Å². The van der Waals surface area contributed by atoms with E-state index in [2.05, 4.69) is 56.4 Å². The topological polar surface area (TPSA) is 813 Å². The number of carbonyl (C=O) groups is 11. The molecule has 51 nitrogen and oxygen atoms in total. The number of rotatable bonds is 27. The fourth-order valence-electron chi connectivity index (χ4n) is 17.7. The monoisotopic (exact) mass is 2160 g/mol. The van der Waals surface area contributed by atoms with Crippen molar-refractivity contribution in [3.63, 3.8) is 0 Å². The molecule has 149 heavy (non-hydrogen) atoms. The van der Waals surface area contributed by atoms with Crippen LogP contribution in [0.2, 0.25) is 10.0 Å². The zero-order valence-corrected chi connectivity index (χ0v) is 82.1. The van der Waals surface area contributed by atoms with E-state index < -0.39 is 378 Å². The van der Waals surface area contributed by atoms with Crippen LogP contribution in [0.1, 0.15) is 154 Å².